The first kappa shape index (κ1) is 16.3. The number of fused-ring (bicyclic) bond motifs is 1. The average molecular weight is 330 g/mol. The summed E-state index contributed by atoms with van der Waals surface area (Å²) >= 11 is 0. The summed E-state index contributed by atoms with van der Waals surface area (Å²) in [6.45, 7) is 0.615. The molecule has 1 N–H and O–H groups in total. The first-order chi connectivity index (χ1) is 11.5. The van der Waals surface area contributed by atoms with Crippen LogP contribution in [-0.2, 0) is 0 Å². The van der Waals surface area contributed by atoms with Crippen LogP contribution in [0.2, 0.25) is 0 Å². The van der Waals surface area contributed by atoms with Crippen LogP contribution in [0.4, 0.5) is 4.39 Å². The van der Waals surface area contributed by atoms with Gasteiger partial charge in [-0.1, -0.05) is 12.1 Å². The van der Waals surface area contributed by atoms with Crippen molar-refractivity contribution in [3.63, 3.8) is 0 Å². The van der Waals surface area contributed by atoms with Crippen molar-refractivity contribution in [3.8, 4) is 11.5 Å². The van der Waals surface area contributed by atoms with E-state index in [0.717, 1.165) is 11.3 Å². The quantitative estimate of drug-likeness (QED) is 0.915. The number of rotatable bonds is 5. The van der Waals surface area contributed by atoms with Crippen LogP contribution in [-0.4, -0.2) is 38.2 Å². The second kappa shape index (κ2) is 6.88. The Hall–Kier alpha value is -2.60. The van der Waals surface area contributed by atoms with Gasteiger partial charge in [0.1, 0.15) is 5.82 Å². The molecule has 3 rings (SSSR count). The lowest BCUT2D eigenvalue weighted by molar-refractivity contribution is 0.0941. The van der Waals surface area contributed by atoms with Crippen LogP contribution < -0.4 is 14.8 Å². The van der Waals surface area contributed by atoms with Gasteiger partial charge in [-0.3, -0.25) is 4.79 Å². The molecular weight excluding hydrogens is 311 g/mol. The number of nitrogens with one attached hydrogen (secondary N) is 1. The van der Waals surface area contributed by atoms with Gasteiger partial charge in [-0.05, 0) is 50.0 Å². The Morgan fingerprint density at radius 1 is 1.21 bits per heavy atom. The van der Waals surface area contributed by atoms with Gasteiger partial charge in [0, 0.05) is 12.1 Å². The predicted octanol–water partition coefficient (Wildman–Crippen LogP) is 2.59. The molecule has 0 spiro atoms. The number of benzene rings is 2. The summed E-state index contributed by atoms with van der Waals surface area (Å²) in [4.78, 5) is 14.2. The molecule has 24 heavy (non-hydrogen) atoms. The van der Waals surface area contributed by atoms with Crippen LogP contribution >= 0.6 is 0 Å². The molecule has 1 atom stereocenters. The molecule has 1 heterocycles. The molecule has 0 unspecified atom stereocenters. The molecule has 0 fully saturated rings. The molecule has 0 saturated heterocycles. The van der Waals surface area contributed by atoms with Crippen LogP contribution in [0.5, 0.6) is 11.5 Å². The summed E-state index contributed by atoms with van der Waals surface area (Å²) in [5.41, 5.74) is 1.31. The number of halogens is 1. The van der Waals surface area contributed by atoms with Gasteiger partial charge in [-0.15, -0.1) is 0 Å². The van der Waals surface area contributed by atoms with Gasteiger partial charge in [0.2, 0.25) is 6.79 Å². The van der Waals surface area contributed by atoms with E-state index < -0.39 is 5.82 Å². The van der Waals surface area contributed by atoms with Crippen LogP contribution in [0.1, 0.15) is 22.0 Å². The van der Waals surface area contributed by atoms with E-state index in [2.05, 4.69) is 5.32 Å². The maximum Gasteiger partial charge on any atom is 0.251 e. The van der Waals surface area contributed by atoms with Crippen molar-refractivity contribution in [2.24, 2.45) is 0 Å². The fraction of sp³-hybridized carbons (Fsp3) is 0.278. The fourth-order valence-corrected chi connectivity index (χ4v) is 2.64. The summed E-state index contributed by atoms with van der Waals surface area (Å²) in [5.74, 6) is 0.695. The largest absolute Gasteiger partial charge is 0.454 e. The highest BCUT2D eigenvalue weighted by Crippen LogP contribution is 2.34. The minimum Gasteiger partial charge on any atom is -0.454 e. The Bertz CT molecular complexity index is 749. The first-order valence-electron chi connectivity index (χ1n) is 7.64. The lowest BCUT2D eigenvalue weighted by Gasteiger charge is -2.25. The molecule has 1 aliphatic rings. The summed E-state index contributed by atoms with van der Waals surface area (Å²) in [6.07, 6.45) is 0. The summed E-state index contributed by atoms with van der Waals surface area (Å²) < 4.78 is 24.0. The van der Waals surface area contributed by atoms with E-state index >= 15 is 0 Å². The zero-order valence-electron chi connectivity index (χ0n) is 13.6. The van der Waals surface area contributed by atoms with Crippen LogP contribution in [0.3, 0.4) is 0 Å². The Morgan fingerprint density at radius 3 is 2.75 bits per heavy atom. The Balaban J connectivity index is 1.72. The zero-order valence-corrected chi connectivity index (χ0v) is 13.6. The van der Waals surface area contributed by atoms with Crippen LogP contribution in [0.25, 0.3) is 0 Å². The molecule has 126 valence electrons. The summed E-state index contributed by atoms with van der Waals surface area (Å²) in [6, 6.07) is 11.3. The van der Waals surface area contributed by atoms with Gasteiger partial charge < -0.3 is 19.7 Å². The number of nitrogens with zero attached hydrogens (tertiary/aromatic N) is 1. The molecule has 6 heteroatoms. The van der Waals surface area contributed by atoms with E-state index in [4.69, 9.17) is 9.47 Å². The zero-order chi connectivity index (χ0) is 17.1. The lowest BCUT2D eigenvalue weighted by Crippen LogP contribution is -2.34. The maximum absolute atomic E-state index is 13.2. The minimum atomic E-state index is -0.428. The third-order valence-electron chi connectivity index (χ3n) is 3.95. The van der Waals surface area contributed by atoms with Crippen molar-refractivity contribution in [1.82, 2.24) is 10.2 Å². The van der Waals surface area contributed by atoms with E-state index in [0.29, 0.717) is 17.9 Å². The molecular formula is C18H19FN2O3. The van der Waals surface area contributed by atoms with Crippen molar-refractivity contribution in [2.75, 3.05) is 27.4 Å². The Morgan fingerprint density at radius 2 is 2.00 bits per heavy atom. The van der Waals surface area contributed by atoms with Crippen LogP contribution in [0.15, 0.2) is 42.5 Å². The third kappa shape index (κ3) is 3.49. The van der Waals surface area contributed by atoms with Gasteiger partial charge in [0.15, 0.2) is 11.5 Å². The van der Waals surface area contributed by atoms with Gasteiger partial charge in [0.25, 0.3) is 5.91 Å². The summed E-state index contributed by atoms with van der Waals surface area (Å²) in [7, 11) is 3.87. The highest BCUT2D eigenvalue weighted by Gasteiger charge is 2.20. The monoisotopic (exact) mass is 330 g/mol. The molecule has 0 aromatic heterocycles. The van der Waals surface area contributed by atoms with E-state index in [1.54, 1.807) is 6.07 Å². The van der Waals surface area contributed by atoms with E-state index in [1.807, 2.05) is 37.2 Å². The molecule has 2 aromatic carbocycles. The van der Waals surface area contributed by atoms with Crippen molar-refractivity contribution in [3.05, 3.63) is 59.4 Å². The number of carbonyl (C=O) groups excluding carboxylic acids is 1. The SMILES string of the molecule is CN(C)[C@H](CNC(=O)c1cccc(F)c1)c1ccc2c(c1)OCO2. The highest BCUT2D eigenvalue weighted by molar-refractivity contribution is 5.94. The first-order valence-corrected chi connectivity index (χ1v) is 7.64. The molecule has 0 saturated carbocycles. The number of amides is 1. The van der Waals surface area contributed by atoms with Gasteiger partial charge >= 0.3 is 0 Å². The maximum atomic E-state index is 13.2. The number of hydrogen-bond acceptors (Lipinski definition) is 4. The predicted molar refractivity (Wildman–Crippen MR) is 87.7 cm³/mol. The number of ether oxygens (including phenoxy) is 2. The second-order valence-electron chi connectivity index (χ2n) is 5.81. The normalized spacial score (nSPS) is 13.8. The van der Waals surface area contributed by atoms with E-state index in [1.165, 1.54) is 18.2 Å². The molecule has 5 nitrogen and oxygen atoms in total. The average Bonchev–Trinajstić information content (AvgIpc) is 3.02. The number of hydrogen-bond donors (Lipinski definition) is 1. The molecule has 2 aromatic rings. The van der Waals surface area contributed by atoms with Crippen molar-refractivity contribution in [2.45, 2.75) is 6.04 Å². The highest BCUT2D eigenvalue weighted by atomic mass is 19.1. The molecule has 1 amide bonds. The molecule has 1 aliphatic heterocycles. The Labute approximate surface area is 140 Å². The number of likely N-dealkylation sites (N-methyl/N-ethyl adjacent to an activating group) is 1. The minimum absolute atomic E-state index is 0.0444. The van der Waals surface area contributed by atoms with E-state index in [9.17, 15) is 9.18 Å². The lowest BCUT2D eigenvalue weighted by atomic mass is 10.0. The van der Waals surface area contributed by atoms with Crippen molar-refractivity contribution in [1.29, 1.82) is 0 Å². The third-order valence-corrected chi connectivity index (χ3v) is 3.95. The van der Waals surface area contributed by atoms with Crippen molar-refractivity contribution >= 4 is 5.91 Å². The molecule has 0 radical (unpaired) electrons. The van der Waals surface area contributed by atoms with Gasteiger partial charge in [-0.2, -0.15) is 0 Å². The van der Waals surface area contributed by atoms with Gasteiger partial charge in [0.05, 0.1) is 6.04 Å². The Kier molecular flexibility index (Phi) is 4.66. The molecule has 0 aliphatic carbocycles. The van der Waals surface area contributed by atoms with Crippen LogP contribution in [0, 0.1) is 5.82 Å². The smallest absolute Gasteiger partial charge is 0.251 e. The fourth-order valence-electron chi connectivity index (χ4n) is 2.64. The van der Waals surface area contributed by atoms with E-state index in [-0.39, 0.29) is 18.7 Å². The van der Waals surface area contributed by atoms with Crippen molar-refractivity contribution < 1.29 is 18.7 Å². The topological polar surface area (TPSA) is 50.8 Å². The number of carbonyl (C=O) groups is 1. The summed E-state index contributed by atoms with van der Waals surface area (Å²) in [5, 5.41) is 2.85. The van der Waals surface area contributed by atoms with Gasteiger partial charge in [-0.25, -0.2) is 4.39 Å². The molecule has 0 bridgehead atoms. The second-order valence-corrected chi connectivity index (χ2v) is 5.81. The standard InChI is InChI=1S/C18H19FN2O3/c1-21(2)15(12-6-7-16-17(9-12)24-11-23-16)10-20-18(22)13-4-3-5-14(19)8-13/h3-9,15H,10-11H2,1-2H3,(H,20,22)/t15-/m1/s1.